The van der Waals surface area contributed by atoms with Crippen LogP contribution in [-0.4, -0.2) is 10.1 Å². The molecule has 0 aliphatic rings. The second kappa shape index (κ2) is 4.59. The van der Waals surface area contributed by atoms with Gasteiger partial charge in [-0.05, 0) is 45.8 Å². The van der Waals surface area contributed by atoms with E-state index in [9.17, 15) is 5.11 Å². The highest BCUT2D eigenvalue weighted by atomic mass is 79.9. The summed E-state index contributed by atoms with van der Waals surface area (Å²) in [4.78, 5) is 3.92. The van der Waals surface area contributed by atoms with Crippen molar-refractivity contribution in [2.75, 3.05) is 0 Å². The normalized spacial score (nSPS) is 12.7. The molecule has 2 rings (SSSR count). The number of aromatic nitrogens is 1. The Hall–Kier alpha value is -1.13. The SMILES string of the molecule is OC(Cc1ccncc1)c1ccc(Br)o1. The van der Waals surface area contributed by atoms with Gasteiger partial charge in [-0.15, -0.1) is 0 Å². The Morgan fingerprint density at radius 3 is 2.60 bits per heavy atom. The lowest BCUT2D eigenvalue weighted by Gasteiger charge is -2.06. The number of rotatable bonds is 3. The Morgan fingerprint density at radius 1 is 1.27 bits per heavy atom. The monoisotopic (exact) mass is 267 g/mol. The van der Waals surface area contributed by atoms with E-state index in [1.54, 1.807) is 24.5 Å². The van der Waals surface area contributed by atoms with E-state index < -0.39 is 6.10 Å². The Bertz CT molecular complexity index is 427. The van der Waals surface area contributed by atoms with E-state index in [4.69, 9.17) is 4.42 Å². The molecule has 2 heterocycles. The summed E-state index contributed by atoms with van der Waals surface area (Å²) in [5.41, 5.74) is 1.03. The van der Waals surface area contributed by atoms with Gasteiger partial charge in [0.05, 0.1) is 0 Å². The zero-order valence-corrected chi connectivity index (χ0v) is 9.52. The first-order chi connectivity index (χ1) is 7.25. The van der Waals surface area contributed by atoms with Gasteiger partial charge in [-0.2, -0.15) is 0 Å². The zero-order valence-electron chi connectivity index (χ0n) is 7.93. The summed E-state index contributed by atoms with van der Waals surface area (Å²) in [5.74, 6) is 0.568. The van der Waals surface area contributed by atoms with E-state index in [0.29, 0.717) is 16.9 Å². The van der Waals surface area contributed by atoms with Gasteiger partial charge < -0.3 is 9.52 Å². The summed E-state index contributed by atoms with van der Waals surface area (Å²) in [7, 11) is 0. The van der Waals surface area contributed by atoms with Crippen LogP contribution in [0.3, 0.4) is 0 Å². The third kappa shape index (κ3) is 2.67. The van der Waals surface area contributed by atoms with Crippen LogP contribution in [0.2, 0.25) is 0 Å². The number of hydrogen-bond donors (Lipinski definition) is 1. The molecule has 78 valence electrons. The number of pyridine rings is 1. The van der Waals surface area contributed by atoms with Crippen molar-refractivity contribution in [2.24, 2.45) is 0 Å². The lowest BCUT2D eigenvalue weighted by Crippen LogP contribution is -2.00. The van der Waals surface area contributed by atoms with Crippen molar-refractivity contribution in [3.63, 3.8) is 0 Å². The van der Waals surface area contributed by atoms with Crippen molar-refractivity contribution in [2.45, 2.75) is 12.5 Å². The van der Waals surface area contributed by atoms with Gasteiger partial charge in [-0.1, -0.05) is 0 Å². The van der Waals surface area contributed by atoms with E-state index in [1.165, 1.54) is 0 Å². The number of aliphatic hydroxyl groups excluding tert-OH is 1. The maximum Gasteiger partial charge on any atom is 0.169 e. The molecular weight excluding hydrogens is 258 g/mol. The fourth-order valence-electron chi connectivity index (χ4n) is 1.35. The van der Waals surface area contributed by atoms with Gasteiger partial charge in [0.25, 0.3) is 0 Å². The number of furan rings is 1. The highest BCUT2D eigenvalue weighted by molar-refractivity contribution is 9.10. The molecule has 0 saturated heterocycles. The van der Waals surface area contributed by atoms with E-state index in [1.807, 2.05) is 12.1 Å². The molecule has 0 aliphatic carbocycles. The molecule has 2 aromatic rings. The maximum atomic E-state index is 9.85. The van der Waals surface area contributed by atoms with Crippen molar-refractivity contribution in [1.82, 2.24) is 4.98 Å². The summed E-state index contributed by atoms with van der Waals surface area (Å²) in [6, 6.07) is 7.28. The van der Waals surface area contributed by atoms with E-state index in [2.05, 4.69) is 20.9 Å². The molecule has 0 fully saturated rings. The molecule has 0 amide bonds. The minimum Gasteiger partial charge on any atom is -0.452 e. The largest absolute Gasteiger partial charge is 0.452 e. The first-order valence-corrected chi connectivity index (χ1v) is 5.37. The smallest absolute Gasteiger partial charge is 0.169 e. The van der Waals surface area contributed by atoms with Crippen LogP contribution in [0, 0.1) is 0 Å². The van der Waals surface area contributed by atoms with Crippen LogP contribution in [-0.2, 0) is 6.42 Å². The van der Waals surface area contributed by atoms with Crippen LogP contribution in [0.5, 0.6) is 0 Å². The third-order valence-corrected chi connectivity index (χ3v) is 2.53. The molecule has 0 bridgehead atoms. The number of aliphatic hydroxyl groups is 1. The van der Waals surface area contributed by atoms with Gasteiger partial charge in [0.2, 0.25) is 0 Å². The van der Waals surface area contributed by atoms with Crippen LogP contribution in [0.1, 0.15) is 17.4 Å². The average Bonchev–Trinajstić information content (AvgIpc) is 2.66. The highest BCUT2D eigenvalue weighted by Crippen LogP contribution is 2.22. The van der Waals surface area contributed by atoms with Gasteiger partial charge in [-0.3, -0.25) is 4.98 Å². The average molecular weight is 268 g/mol. The van der Waals surface area contributed by atoms with Gasteiger partial charge in [0.1, 0.15) is 11.9 Å². The number of nitrogens with zero attached hydrogens (tertiary/aromatic N) is 1. The molecule has 1 N–H and O–H groups in total. The van der Waals surface area contributed by atoms with Crippen LogP contribution >= 0.6 is 15.9 Å². The Balaban J connectivity index is 2.07. The lowest BCUT2D eigenvalue weighted by molar-refractivity contribution is 0.149. The molecule has 0 spiro atoms. The van der Waals surface area contributed by atoms with Crippen LogP contribution in [0.4, 0.5) is 0 Å². The van der Waals surface area contributed by atoms with Crippen molar-refractivity contribution in [1.29, 1.82) is 0 Å². The minimum atomic E-state index is -0.612. The van der Waals surface area contributed by atoms with Gasteiger partial charge in [0.15, 0.2) is 4.67 Å². The molecule has 4 heteroatoms. The second-order valence-electron chi connectivity index (χ2n) is 3.22. The maximum absolute atomic E-state index is 9.85. The number of halogens is 1. The number of hydrogen-bond acceptors (Lipinski definition) is 3. The van der Waals surface area contributed by atoms with Gasteiger partial charge in [0, 0.05) is 18.8 Å². The van der Waals surface area contributed by atoms with Crippen molar-refractivity contribution in [3.8, 4) is 0 Å². The standard InChI is InChI=1S/C11H10BrNO2/c12-11-2-1-10(15-11)9(14)7-8-3-5-13-6-4-8/h1-6,9,14H,7H2. The van der Waals surface area contributed by atoms with Crippen molar-refractivity contribution in [3.05, 3.63) is 52.7 Å². The molecule has 0 saturated carbocycles. The summed E-state index contributed by atoms with van der Waals surface area (Å²) in [6.45, 7) is 0. The topological polar surface area (TPSA) is 46.3 Å². The Labute approximate surface area is 95.9 Å². The summed E-state index contributed by atoms with van der Waals surface area (Å²) < 4.78 is 5.90. The Morgan fingerprint density at radius 2 is 2.00 bits per heavy atom. The first kappa shape index (κ1) is 10.4. The van der Waals surface area contributed by atoms with E-state index >= 15 is 0 Å². The molecule has 0 radical (unpaired) electrons. The third-order valence-electron chi connectivity index (χ3n) is 2.10. The van der Waals surface area contributed by atoms with E-state index in [0.717, 1.165) is 5.56 Å². The quantitative estimate of drug-likeness (QED) is 0.930. The molecule has 0 aromatic carbocycles. The summed E-state index contributed by atoms with van der Waals surface area (Å²) >= 11 is 3.20. The van der Waals surface area contributed by atoms with Crippen LogP contribution < -0.4 is 0 Å². The fraction of sp³-hybridized carbons (Fsp3) is 0.182. The first-order valence-electron chi connectivity index (χ1n) is 4.58. The molecule has 2 aromatic heterocycles. The molecule has 3 nitrogen and oxygen atoms in total. The van der Waals surface area contributed by atoms with Crippen molar-refractivity contribution < 1.29 is 9.52 Å². The predicted molar refractivity (Wildman–Crippen MR) is 59.3 cm³/mol. The zero-order chi connectivity index (χ0) is 10.7. The summed E-state index contributed by atoms with van der Waals surface area (Å²) in [6.07, 6.45) is 3.33. The molecule has 1 atom stereocenters. The van der Waals surface area contributed by atoms with E-state index in [-0.39, 0.29) is 0 Å². The summed E-state index contributed by atoms with van der Waals surface area (Å²) in [5, 5.41) is 9.85. The lowest BCUT2D eigenvalue weighted by atomic mass is 10.1. The van der Waals surface area contributed by atoms with Gasteiger partial charge in [-0.25, -0.2) is 0 Å². The molecule has 0 aliphatic heterocycles. The Kier molecular flexibility index (Phi) is 3.18. The molecular formula is C11H10BrNO2. The minimum absolute atomic E-state index is 0.530. The molecule has 15 heavy (non-hydrogen) atoms. The second-order valence-corrected chi connectivity index (χ2v) is 4.00. The van der Waals surface area contributed by atoms with Crippen molar-refractivity contribution >= 4 is 15.9 Å². The highest BCUT2D eigenvalue weighted by Gasteiger charge is 2.12. The van der Waals surface area contributed by atoms with Gasteiger partial charge >= 0.3 is 0 Å². The van der Waals surface area contributed by atoms with Crippen LogP contribution in [0.25, 0.3) is 0 Å². The van der Waals surface area contributed by atoms with Crippen LogP contribution in [0.15, 0.2) is 45.7 Å². The predicted octanol–water partition coefficient (Wildman–Crippen LogP) is 2.71. The molecule has 1 unspecified atom stereocenters. The fourth-order valence-corrected chi connectivity index (χ4v) is 1.67.